The first-order chi connectivity index (χ1) is 21.4. The van der Waals surface area contributed by atoms with Gasteiger partial charge in [0.25, 0.3) is 5.56 Å². The van der Waals surface area contributed by atoms with Crippen LogP contribution in [0.25, 0.3) is 22.2 Å². The summed E-state index contributed by atoms with van der Waals surface area (Å²) in [7, 11) is -7.65. The van der Waals surface area contributed by atoms with Gasteiger partial charge in [0.2, 0.25) is 5.95 Å². The number of alkyl halides is 1. The number of phosphoric ester groups is 1. The number of nitrogens with zero attached hydrogens (tertiary/aromatic N) is 6. The summed E-state index contributed by atoms with van der Waals surface area (Å²) in [5, 5.41) is 9.56. The van der Waals surface area contributed by atoms with E-state index >= 15 is 4.39 Å². The number of nitrogens with one attached hydrogen (secondary N) is 1. The average molecular weight is 694 g/mol. The lowest BCUT2D eigenvalue weighted by Gasteiger charge is -2.24. The Balaban J connectivity index is 1.21. The lowest BCUT2D eigenvalue weighted by Crippen LogP contribution is -2.32. The topological polar surface area (TPSA) is 267 Å². The van der Waals surface area contributed by atoms with Crippen molar-refractivity contribution in [3.8, 4) is 0 Å². The van der Waals surface area contributed by atoms with Crippen LogP contribution in [0.4, 0.5) is 20.5 Å². The number of H-pyrrole nitrogens is 1. The van der Waals surface area contributed by atoms with Gasteiger partial charge in [-0.1, -0.05) is 0 Å². The molecule has 0 saturated carbocycles. The Bertz CT molecular complexity index is 1880. The van der Waals surface area contributed by atoms with E-state index in [-0.39, 0.29) is 40.4 Å². The van der Waals surface area contributed by atoms with E-state index in [1.54, 1.807) is 0 Å². The number of rotatable bonds is 10. The molecule has 24 heteroatoms. The number of anilines is 2. The number of phosphoric acid groups is 1. The number of halogens is 2. The summed E-state index contributed by atoms with van der Waals surface area (Å²) in [5.74, 6) is -1.14. The second-order valence-electron chi connectivity index (χ2n) is 9.89. The average Bonchev–Trinajstić information content (AvgIpc) is 3.72. The number of imidazole rings is 1. The van der Waals surface area contributed by atoms with Crippen LogP contribution in [0.1, 0.15) is 18.9 Å². The summed E-state index contributed by atoms with van der Waals surface area (Å²) in [6.07, 6.45) is -7.13. The summed E-state index contributed by atoms with van der Waals surface area (Å²) in [4.78, 5) is 40.7. The van der Waals surface area contributed by atoms with Crippen LogP contribution in [-0.2, 0) is 32.2 Å². The molecule has 7 N–H and O–H groups in total. The molecule has 0 spiro atoms. The van der Waals surface area contributed by atoms with Crippen LogP contribution in [0.15, 0.2) is 23.6 Å². The predicted molar refractivity (Wildman–Crippen MR) is 151 cm³/mol. The van der Waals surface area contributed by atoms with E-state index in [0.717, 1.165) is 23.4 Å². The number of fused-ring (bicyclic) bond motifs is 2. The Labute approximate surface area is 255 Å². The Morgan fingerprint density at radius 3 is 2.73 bits per heavy atom. The van der Waals surface area contributed by atoms with E-state index in [0.29, 0.717) is 0 Å². The number of hydrogen-bond donors (Lipinski definition) is 6. The Hall–Kier alpha value is -3.17. The number of hydrogen-bond acceptors (Lipinski definition) is 15. The summed E-state index contributed by atoms with van der Waals surface area (Å²) in [6.45, 7) is -1.55. The van der Waals surface area contributed by atoms with Crippen LogP contribution >= 0.6 is 27.3 Å². The summed E-state index contributed by atoms with van der Waals surface area (Å²) in [5.41, 5.74) is 10.4. The van der Waals surface area contributed by atoms with E-state index in [2.05, 4.69) is 37.2 Å². The molecule has 45 heavy (non-hydrogen) atoms. The summed E-state index contributed by atoms with van der Waals surface area (Å²) >= 11 is 3.75. The molecule has 2 aliphatic rings. The zero-order valence-corrected chi connectivity index (χ0v) is 25.2. The predicted octanol–water partition coefficient (Wildman–Crippen LogP) is 0.858. The number of aliphatic hydroxyl groups is 1. The first-order valence-electron chi connectivity index (χ1n) is 12.9. The Kier molecular flexibility index (Phi) is 8.63. The van der Waals surface area contributed by atoms with Crippen LogP contribution in [0.5, 0.6) is 0 Å². The molecule has 2 saturated heterocycles. The molecular formula is C21H24F2N9O10P2S+. The molecule has 0 amide bonds. The van der Waals surface area contributed by atoms with E-state index in [9.17, 15) is 28.3 Å². The molecule has 0 aliphatic carbocycles. The van der Waals surface area contributed by atoms with Crippen molar-refractivity contribution in [2.45, 2.75) is 49.5 Å². The van der Waals surface area contributed by atoms with Gasteiger partial charge < -0.3 is 35.5 Å². The quantitative estimate of drug-likeness (QED) is 0.0992. The van der Waals surface area contributed by atoms with Gasteiger partial charge in [0.15, 0.2) is 35.0 Å². The Morgan fingerprint density at radius 2 is 2.00 bits per heavy atom. The van der Waals surface area contributed by atoms with Gasteiger partial charge in [-0.3, -0.25) is 23.4 Å². The molecule has 2 unspecified atom stereocenters. The van der Waals surface area contributed by atoms with Crippen LogP contribution < -0.4 is 17.0 Å². The van der Waals surface area contributed by atoms with Crippen molar-refractivity contribution in [2.24, 2.45) is 0 Å². The van der Waals surface area contributed by atoms with Crippen molar-refractivity contribution >= 4 is 61.3 Å². The largest absolute Gasteiger partial charge is 0.582 e. The normalized spacial score (nSPS) is 28.6. The fourth-order valence-corrected chi connectivity index (χ4v) is 6.93. The van der Waals surface area contributed by atoms with Gasteiger partial charge in [0.1, 0.15) is 55.0 Å². The SMILES string of the molecule is Nc1nc2c(ncn2[C@@H]2O[C@H](CO)[C@@H](F)[C@H]2OP(=O)(O)OC[C@H]2O[C@@H](n3cc(F)c4c(N)ncnc43)C[C@@H]2O[P+](=O)S)c(=O)[nH]1. The van der Waals surface area contributed by atoms with Gasteiger partial charge in [0.05, 0.1) is 24.9 Å². The molecule has 242 valence electrons. The molecule has 4 aromatic heterocycles. The van der Waals surface area contributed by atoms with Gasteiger partial charge in [-0.05, 0) is 4.57 Å². The van der Waals surface area contributed by atoms with Gasteiger partial charge in [-0.2, -0.15) is 4.98 Å². The van der Waals surface area contributed by atoms with Crippen LogP contribution in [0.3, 0.4) is 0 Å². The van der Waals surface area contributed by atoms with Crippen molar-refractivity contribution in [3.63, 3.8) is 0 Å². The number of thiol groups is 1. The van der Waals surface area contributed by atoms with Crippen molar-refractivity contribution < 1.29 is 51.0 Å². The highest BCUT2D eigenvalue weighted by Gasteiger charge is 2.51. The fourth-order valence-electron chi connectivity index (χ4n) is 5.19. The van der Waals surface area contributed by atoms with E-state index in [1.807, 2.05) is 0 Å². The first kappa shape index (κ1) is 31.8. The van der Waals surface area contributed by atoms with Crippen molar-refractivity contribution in [3.05, 3.63) is 35.0 Å². The van der Waals surface area contributed by atoms with Gasteiger partial charge in [-0.15, -0.1) is 4.52 Å². The minimum atomic E-state index is -5.16. The molecule has 0 radical (unpaired) electrons. The zero-order chi connectivity index (χ0) is 32.2. The first-order valence-corrected chi connectivity index (χ1v) is 16.7. The van der Waals surface area contributed by atoms with Crippen LogP contribution in [0, 0.1) is 5.82 Å². The van der Waals surface area contributed by atoms with Crippen molar-refractivity contribution in [1.82, 2.24) is 34.1 Å². The van der Waals surface area contributed by atoms with Gasteiger partial charge in [0, 0.05) is 12.6 Å². The highest BCUT2D eigenvalue weighted by atomic mass is 32.7. The lowest BCUT2D eigenvalue weighted by molar-refractivity contribution is -0.0574. The molecule has 0 bridgehead atoms. The number of aromatic amines is 1. The molecule has 4 aromatic rings. The number of nitrogens with two attached hydrogens (primary N) is 2. The maximum absolute atomic E-state index is 15.3. The molecule has 6 heterocycles. The standard InChI is InChI=1S/C21H23F2N9O10P2S/c22-7-2-31(17-12(7)16(24)26-5-27-17)11-1-8(41-43(35)45)10(39-11)4-38-44(36,37)42-15-13(23)9(3-33)40-20(15)32-6-28-14-18(32)29-21(25)30-19(14)34/h2,5-6,8-11,13,15,20,33H,1,3-4H2,(H6-,24,25,26,27,29,30,34,35,36,37,45)/p+1/t8-,9+,10+,11+,13+,15+,20+/m0/s1. The van der Waals surface area contributed by atoms with Gasteiger partial charge >= 0.3 is 15.1 Å². The maximum Gasteiger partial charge on any atom is 0.582 e. The number of ether oxygens (including phenoxy) is 2. The number of aromatic nitrogens is 7. The van der Waals surface area contributed by atoms with E-state index in [4.69, 9.17) is 34.5 Å². The third-order valence-corrected chi connectivity index (χ3v) is 8.85. The minimum absolute atomic E-state index is 0.0500. The Morgan fingerprint density at radius 1 is 1.22 bits per heavy atom. The second-order valence-corrected chi connectivity index (χ2v) is 13.0. The number of aliphatic hydroxyl groups excluding tert-OH is 1. The summed E-state index contributed by atoms with van der Waals surface area (Å²) < 4.78 is 84.3. The second kappa shape index (κ2) is 12.2. The molecule has 9 atom stereocenters. The van der Waals surface area contributed by atoms with Crippen LogP contribution in [0.2, 0.25) is 0 Å². The summed E-state index contributed by atoms with van der Waals surface area (Å²) in [6, 6.07) is 0. The third kappa shape index (κ3) is 6.06. The van der Waals surface area contributed by atoms with E-state index in [1.165, 1.54) is 4.57 Å². The molecular weight excluding hydrogens is 670 g/mol. The minimum Gasteiger partial charge on any atom is -0.394 e. The van der Waals surface area contributed by atoms with Gasteiger partial charge in [-0.25, -0.2) is 28.3 Å². The smallest absolute Gasteiger partial charge is 0.394 e. The molecule has 19 nitrogen and oxygen atoms in total. The van der Waals surface area contributed by atoms with Crippen LogP contribution in [-0.4, -0.2) is 87.9 Å². The molecule has 2 fully saturated rings. The molecule has 2 aliphatic heterocycles. The maximum atomic E-state index is 15.3. The zero-order valence-electron chi connectivity index (χ0n) is 22.5. The highest BCUT2D eigenvalue weighted by Crippen LogP contribution is 2.51. The van der Waals surface area contributed by atoms with Crippen molar-refractivity contribution in [1.29, 1.82) is 0 Å². The highest BCUT2D eigenvalue weighted by molar-refractivity contribution is 8.39. The lowest BCUT2D eigenvalue weighted by atomic mass is 10.1. The fraction of sp³-hybridized carbons (Fsp3) is 0.476. The molecule has 6 rings (SSSR count). The van der Waals surface area contributed by atoms with Crippen molar-refractivity contribution in [2.75, 3.05) is 24.7 Å². The molecule has 0 aromatic carbocycles. The monoisotopic (exact) mass is 694 g/mol. The number of nitrogen functional groups attached to an aromatic ring is 2. The van der Waals surface area contributed by atoms with E-state index < -0.39 is 82.7 Å². The third-order valence-electron chi connectivity index (χ3n) is 7.13.